The third-order valence-electron chi connectivity index (χ3n) is 6.00. The number of carbonyl (C=O) groups excluding carboxylic acids is 2. The molecule has 0 saturated carbocycles. The second-order valence-corrected chi connectivity index (χ2v) is 8.15. The Labute approximate surface area is 183 Å². The molecule has 2 atom stereocenters. The Kier molecular flexibility index (Phi) is 6.32. The van der Waals surface area contributed by atoms with E-state index in [4.69, 9.17) is 0 Å². The minimum absolute atomic E-state index is 0.230. The van der Waals surface area contributed by atoms with Crippen LogP contribution in [0.5, 0.6) is 0 Å². The zero-order valence-corrected chi connectivity index (χ0v) is 18.0. The fourth-order valence-corrected chi connectivity index (χ4v) is 4.36. The lowest BCUT2D eigenvalue weighted by atomic mass is 10.1. The zero-order valence-electron chi connectivity index (χ0n) is 18.0. The van der Waals surface area contributed by atoms with Crippen molar-refractivity contribution in [1.82, 2.24) is 20.4 Å². The van der Waals surface area contributed by atoms with Gasteiger partial charge in [-0.2, -0.15) is 0 Å². The third-order valence-corrected chi connectivity index (χ3v) is 6.00. The highest BCUT2D eigenvalue weighted by atomic mass is 16.2. The largest absolute Gasteiger partial charge is 0.355 e. The maximum atomic E-state index is 12.5. The second-order valence-electron chi connectivity index (χ2n) is 8.15. The molecule has 7 heteroatoms. The summed E-state index contributed by atoms with van der Waals surface area (Å²) in [5.41, 5.74) is 2.28. The molecule has 31 heavy (non-hydrogen) atoms. The minimum Gasteiger partial charge on any atom is -0.355 e. The van der Waals surface area contributed by atoms with Crippen LogP contribution in [0.25, 0.3) is 0 Å². The van der Waals surface area contributed by atoms with Crippen molar-refractivity contribution >= 4 is 17.8 Å². The molecule has 2 aliphatic rings. The molecule has 2 amide bonds. The van der Waals surface area contributed by atoms with E-state index >= 15 is 0 Å². The molecule has 7 nitrogen and oxygen atoms in total. The molecule has 2 aliphatic heterocycles. The summed E-state index contributed by atoms with van der Waals surface area (Å²) in [6.45, 7) is 4.87. The van der Waals surface area contributed by atoms with Crippen LogP contribution in [0.15, 0.2) is 59.6 Å². The number of hydrogen-bond donors (Lipinski definition) is 2. The van der Waals surface area contributed by atoms with Gasteiger partial charge in [0.1, 0.15) is 0 Å². The van der Waals surface area contributed by atoms with E-state index in [0.717, 1.165) is 19.5 Å². The Morgan fingerprint density at radius 3 is 2.32 bits per heavy atom. The van der Waals surface area contributed by atoms with E-state index in [1.54, 1.807) is 31.3 Å². The predicted molar refractivity (Wildman–Crippen MR) is 121 cm³/mol. The quantitative estimate of drug-likeness (QED) is 0.426. The van der Waals surface area contributed by atoms with Crippen LogP contribution in [-0.4, -0.2) is 66.3 Å². The van der Waals surface area contributed by atoms with Crippen molar-refractivity contribution in [3.63, 3.8) is 0 Å². The molecule has 0 bridgehead atoms. The Bertz CT molecular complexity index is 940. The molecule has 2 heterocycles. The van der Waals surface area contributed by atoms with Crippen molar-refractivity contribution in [3.8, 4) is 0 Å². The molecule has 0 radical (unpaired) electrons. The first-order chi connectivity index (χ1) is 15.1. The number of guanidine groups is 1. The molecule has 2 N–H and O–H groups in total. The van der Waals surface area contributed by atoms with Crippen LogP contribution in [0.3, 0.4) is 0 Å². The smallest absolute Gasteiger partial charge is 0.261 e. The topological polar surface area (TPSA) is 77.0 Å². The van der Waals surface area contributed by atoms with Crippen molar-refractivity contribution in [2.45, 2.75) is 32.0 Å². The van der Waals surface area contributed by atoms with Gasteiger partial charge in [0.2, 0.25) is 0 Å². The van der Waals surface area contributed by atoms with Crippen molar-refractivity contribution in [2.75, 3.05) is 26.7 Å². The Balaban J connectivity index is 1.26. The standard InChI is InChI=1S/C24H29N5O2/c1-17-14-19(16-28(17)15-18-8-4-3-5-9-18)27-24(25-2)26-12-13-29-22(30)20-10-6-7-11-21(20)23(29)31/h3-11,17,19H,12-16H2,1-2H3,(H2,25,26,27). The molecule has 162 valence electrons. The lowest BCUT2D eigenvalue weighted by Gasteiger charge is -2.21. The predicted octanol–water partition coefficient (Wildman–Crippen LogP) is 2.11. The first-order valence-corrected chi connectivity index (χ1v) is 10.8. The summed E-state index contributed by atoms with van der Waals surface area (Å²) in [7, 11) is 1.73. The van der Waals surface area contributed by atoms with Gasteiger partial charge in [-0.05, 0) is 31.0 Å². The number of carbonyl (C=O) groups is 2. The highest BCUT2D eigenvalue weighted by Crippen LogP contribution is 2.22. The molecular formula is C24H29N5O2. The summed E-state index contributed by atoms with van der Waals surface area (Å²) in [6.07, 6.45) is 1.03. The average molecular weight is 420 g/mol. The van der Waals surface area contributed by atoms with Crippen LogP contribution in [0.4, 0.5) is 0 Å². The maximum absolute atomic E-state index is 12.5. The van der Waals surface area contributed by atoms with Gasteiger partial charge < -0.3 is 10.6 Å². The molecule has 2 aromatic carbocycles. The minimum atomic E-state index is -0.230. The molecule has 0 aromatic heterocycles. The summed E-state index contributed by atoms with van der Waals surface area (Å²) < 4.78 is 0. The van der Waals surface area contributed by atoms with Crippen molar-refractivity contribution in [2.24, 2.45) is 4.99 Å². The Morgan fingerprint density at radius 1 is 1.03 bits per heavy atom. The lowest BCUT2D eigenvalue weighted by molar-refractivity contribution is 0.0657. The van der Waals surface area contributed by atoms with Crippen molar-refractivity contribution in [1.29, 1.82) is 0 Å². The summed E-state index contributed by atoms with van der Waals surface area (Å²) in [4.78, 5) is 33.0. The number of nitrogens with one attached hydrogen (secondary N) is 2. The number of benzene rings is 2. The Morgan fingerprint density at radius 2 is 1.68 bits per heavy atom. The number of amides is 2. The number of rotatable bonds is 6. The monoisotopic (exact) mass is 419 g/mol. The molecule has 4 rings (SSSR count). The van der Waals surface area contributed by atoms with Crippen LogP contribution in [0, 0.1) is 0 Å². The van der Waals surface area contributed by atoms with Gasteiger partial charge in [-0.1, -0.05) is 42.5 Å². The van der Waals surface area contributed by atoms with Gasteiger partial charge in [-0.15, -0.1) is 0 Å². The summed E-state index contributed by atoms with van der Waals surface area (Å²) >= 11 is 0. The van der Waals surface area contributed by atoms with Crippen molar-refractivity contribution < 1.29 is 9.59 Å². The van der Waals surface area contributed by atoms with E-state index in [0.29, 0.717) is 42.3 Å². The first kappa shape index (κ1) is 21.1. The molecule has 0 spiro atoms. The van der Waals surface area contributed by atoms with E-state index in [1.807, 2.05) is 6.07 Å². The van der Waals surface area contributed by atoms with Crippen LogP contribution < -0.4 is 10.6 Å². The number of hydrogen-bond acceptors (Lipinski definition) is 4. The van der Waals surface area contributed by atoms with Crippen LogP contribution in [0.2, 0.25) is 0 Å². The van der Waals surface area contributed by atoms with E-state index in [2.05, 4.69) is 51.7 Å². The second kappa shape index (κ2) is 9.31. The molecule has 0 aliphatic carbocycles. The van der Waals surface area contributed by atoms with Gasteiger partial charge in [-0.3, -0.25) is 24.4 Å². The van der Waals surface area contributed by atoms with Gasteiger partial charge in [0.15, 0.2) is 5.96 Å². The number of imide groups is 1. The number of aliphatic imine (C=N–C) groups is 1. The van der Waals surface area contributed by atoms with E-state index in [9.17, 15) is 9.59 Å². The highest BCUT2D eigenvalue weighted by Gasteiger charge is 2.34. The van der Waals surface area contributed by atoms with Gasteiger partial charge in [-0.25, -0.2) is 0 Å². The number of likely N-dealkylation sites (tertiary alicyclic amines) is 1. The molecular weight excluding hydrogens is 390 g/mol. The SMILES string of the molecule is CN=C(NCCN1C(=O)c2ccccc2C1=O)NC1CC(C)N(Cc2ccccc2)C1. The van der Waals surface area contributed by atoms with Crippen LogP contribution >= 0.6 is 0 Å². The fourth-order valence-electron chi connectivity index (χ4n) is 4.36. The summed E-state index contributed by atoms with van der Waals surface area (Å²) in [5.74, 6) is 0.230. The zero-order chi connectivity index (χ0) is 21.8. The van der Waals surface area contributed by atoms with Gasteiger partial charge in [0, 0.05) is 45.3 Å². The normalized spacial score (nSPS) is 21.5. The lowest BCUT2D eigenvalue weighted by Crippen LogP contribution is -2.47. The maximum Gasteiger partial charge on any atom is 0.261 e. The van der Waals surface area contributed by atoms with E-state index < -0.39 is 0 Å². The third kappa shape index (κ3) is 4.61. The average Bonchev–Trinajstić information content (AvgIpc) is 3.25. The van der Waals surface area contributed by atoms with Gasteiger partial charge in [0.25, 0.3) is 11.8 Å². The highest BCUT2D eigenvalue weighted by molar-refractivity contribution is 6.21. The molecule has 1 saturated heterocycles. The van der Waals surface area contributed by atoms with Crippen LogP contribution in [-0.2, 0) is 6.54 Å². The van der Waals surface area contributed by atoms with E-state index in [1.165, 1.54) is 10.5 Å². The van der Waals surface area contributed by atoms with Gasteiger partial charge >= 0.3 is 0 Å². The summed E-state index contributed by atoms with van der Waals surface area (Å²) in [5, 5.41) is 6.73. The molecule has 1 fully saturated rings. The number of nitrogens with zero attached hydrogens (tertiary/aromatic N) is 3. The first-order valence-electron chi connectivity index (χ1n) is 10.8. The van der Waals surface area contributed by atoms with E-state index in [-0.39, 0.29) is 11.8 Å². The van der Waals surface area contributed by atoms with Crippen molar-refractivity contribution in [3.05, 3.63) is 71.3 Å². The van der Waals surface area contributed by atoms with Crippen LogP contribution in [0.1, 0.15) is 39.6 Å². The van der Waals surface area contributed by atoms with Gasteiger partial charge in [0.05, 0.1) is 11.1 Å². The molecule has 2 unspecified atom stereocenters. The molecule has 2 aromatic rings. The number of fused-ring (bicyclic) bond motifs is 1. The Hall–Kier alpha value is -3.19. The fraction of sp³-hybridized carbons (Fsp3) is 0.375. The summed E-state index contributed by atoms with van der Waals surface area (Å²) in [6, 6.07) is 18.2.